The van der Waals surface area contributed by atoms with Gasteiger partial charge in [0.2, 0.25) is 0 Å². The topological polar surface area (TPSA) is 129 Å². The summed E-state index contributed by atoms with van der Waals surface area (Å²) in [5, 5.41) is 12.5. The standard InChI is InChI=1S/C25H32O9/c1-12(26)33-20-19-15(11-16-14(8-10-32-16)18(19)22(29)31-6)24(5)17(28)7-9-23(3,4)25(24,30)21(20)34-13(2)27/h8,10,15,18-21,30H,7,9,11H2,1-6H3/t15-,18+,19+,20+,21-,24-,25+/m0/s1. The summed E-state index contributed by atoms with van der Waals surface area (Å²) in [6, 6.07) is 1.66. The Morgan fingerprint density at radius 1 is 1.12 bits per heavy atom. The van der Waals surface area contributed by atoms with Gasteiger partial charge in [0.05, 0.1) is 24.7 Å². The van der Waals surface area contributed by atoms with Gasteiger partial charge in [-0.25, -0.2) is 0 Å². The van der Waals surface area contributed by atoms with Gasteiger partial charge in [-0.2, -0.15) is 0 Å². The minimum absolute atomic E-state index is 0.193. The molecule has 0 amide bonds. The van der Waals surface area contributed by atoms with Crippen LogP contribution in [0, 0.1) is 22.7 Å². The minimum Gasteiger partial charge on any atom is -0.469 e. The number of hydrogen-bond donors (Lipinski definition) is 1. The van der Waals surface area contributed by atoms with Gasteiger partial charge in [0.15, 0.2) is 6.10 Å². The van der Waals surface area contributed by atoms with Gasteiger partial charge in [0.1, 0.15) is 23.2 Å². The van der Waals surface area contributed by atoms with Crippen LogP contribution in [0.2, 0.25) is 0 Å². The first-order valence-corrected chi connectivity index (χ1v) is 11.6. The van der Waals surface area contributed by atoms with Crippen LogP contribution in [0.15, 0.2) is 16.7 Å². The van der Waals surface area contributed by atoms with Crippen LogP contribution in [0.3, 0.4) is 0 Å². The fraction of sp³-hybridized carbons (Fsp3) is 0.680. The van der Waals surface area contributed by atoms with Crippen molar-refractivity contribution in [2.24, 2.45) is 22.7 Å². The number of esters is 3. The number of ether oxygens (including phenoxy) is 3. The molecule has 9 heteroatoms. The number of ketones is 1. The van der Waals surface area contributed by atoms with Gasteiger partial charge in [-0.3, -0.25) is 19.2 Å². The largest absolute Gasteiger partial charge is 0.469 e. The average Bonchev–Trinajstić information content (AvgIpc) is 3.23. The Bertz CT molecular complexity index is 1040. The summed E-state index contributed by atoms with van der Waals surface area (Å²) in [5.41, 5.74) is -3.62. The molecule has 0 saturated heterocycles. The lowest BCUT2D eigenvalue weighted by Gasteiger charge is -2.67. The zero-order valence-corrected chi connectivity index (χ0v) is 20.4. The number of carbonyl (C=O) groups is 4. The van der Waals surface area contributed by atoms with Gasteiger partial charge in [0, 0.05) is 38.2 Å². The quantitative estimate of drug-likeness (QED) is 0.516. The van der Waals surface area contributed by atoms with Crippen LogP contribution in [0.4, 0.5) is 0 Å². The normalized spacial score (nSPS) is 38.1. The first kappa shape index (κ1) is 24.4. The molecule has 1 aromatic rings. The molecule has 3 aliphatic carbocycles. The summed E-state index contributed by atoms with van der Waals surface area (Å²) in [4.78, 5) is 51.4. The number of fused-ring (bicyclic) bond motifs is 4. The fourth-order valence-corrected chi connectivity index (χ4v) is 7.05. The number of rotatable bonds is 3. The molecular weight excluding hydrogens is 444 g/mol. The van der Waals surface area contributed by atoms with Crippen LogP contribution < -0.4 is 0 Å². The van der Waals surface area contributed by atoms with Crippen molar-refractivity contribution in [1.82, 2.24) is 0 Å². The molecular formula is C25H32O9. The fourth-order valence-electron chi connectivity index (χ4n) is 7.05. The molecule has 0 aliphatic heterocycles. The number of carbonyl (C=O) groups excluding carboxylic acids is 4. The highest BCUT2D eigenvalue weighted by molar-refractivity contribution is 5.89. The van der Waals surface area contributed by atoms with Crippen molar-refractivity contribution in [1.29, 1.82) is 0 Å². The maximum absolute atomic E-state index is 13.7. The molecule has 34 heavy (non-hydrogen) atoms. The van der Waals surface area contributed by atoms with Gasteiger partial charge in [-0.1, -0.05) is 13.8 Å². The second-order valence-corrected chi connectivity index (χ2v) is 10.6. The third-order valence-electron chi connectivity index (χ3n) is 8.63. The summed E-state index contributed by atoms with van der Waals surface area (Å²) in [7, 11) is 1.26. The van der Waals surface area contributed by atoms with Crippen molar-refractivity contribution in [3.63, 3.8) is 0 Å². The third kappa shape index (κ3) is 3.08. The van der Waals surface area contributed by atoms with Crippen molar-refractivity contribution in [3.8, 4) is 0 Å². The van der Waals surface area contributed by atoms with Crippen molar-refractivity contribution in [3.05, 3.63) is 23.7 Å². The molecule has 9 nitrogen and oxygen atoms in total. The summed E-state index contributed by atoms with van der Waals surface area (Å²) in [5.74, 6) is -4.01. The van der Waals surface area contributed by atoms with E-state index in [-0.39, 0.29) is 18.6 Å². The summed E-state index contributed by atoms with van der Waals surface area (Å²) >= 11 is 0. The molecule has 1 aromatic heterocycles. The Labute approximate surface area is 198 Å². The number of furan rings is 1. The van der Waals surface area contributed by atoms with Crippen LogP contribution >= 0.6 is 0 Å². The highest BCUT2D eigenvalue weighted by Gasteiger charge is 2.77. The highest BCUT2D eigenvalue weighted by atomic mass is 16.6. The van der Waals surface area contributed by atoms with E-state index in [0.717, 1.165) is 0 Å². The molecule has 0 spiro atoms. The number of hydrogen-bond acceptors (Lipinski definition) is 9. The Kier molecular flexibility index (Phi) is 5.70. The van der Waals surface area contributed by atoms with E-state index in [1.165, 1.54) is 27.2 Å². The molecule has 0 bridgehead atoms. The van der Waals surface area contributed by atoms with E-state index in [4.69, 9.17) is 18.6 Å². The number of Topliss-reactive ketones (excluding diaryl/α,β-unsaturated/α-hetero) is 1. The lowest BCUT2D eigenvalue weighted by atomic mass is 9.39. The van der Waals surface area contributed by atoms with E-state index in [0.29, 0.717) is 17.7 Å². The summed E-state index contributed by atoms with van der Waals surface area (Å²) in [6.45, 7) is 7.73. The van der Waals surface area contributed by atoms with Crippen LogP contribution in [-0.2, 0) is 39.8 Å². The Hall–Kier alpha value is -2.68. The van der Waals surface area contributed by atoms with Crippen LogP contribution in [0.5, 0.6) is 0 Å². The molecule has 0 aromatic carbocycles. The zero-order valence-electron chi connectivity index (χ0n) is 20.4. The molecule has 1 N–H and O–H groups in total. The van der Waals surface area contributed by atoms with Crippen molar-refractivity contribution >= 4 is 23.7 Å². The summed E-state index contributed by atoms with van der Waals surface area (Å²) in [6.07, 6.45) is -0.295. The molecule has 7 atom stereocenters. The third-order valence-corrected chi connectivity index (χ3v) is 8.63. The van der Waals surface area contributed by atoms with Crippen molar-refractivity contribution < 1.29 is 42.9 Å². The Balaban J connectivity index is 2.05. The molecule has 2 saturated carbocycles. The highest BCUT2D eigenvalue weighted by Crippen LogP contribution is 2.66. The lowest BCUT2D eigenvalue weighted by Crippen LogP contribution is -2.79. The monoisotopic (exact) mass is 476 g/mol. The first-order chi connectivity index (χ1) is 15.8. The van der Waals surface area contributed by atoms with Gasteiger partial charge >= 0.3 is 17.9 Å². The smallest absolute Gasteiger partial charge is 0.313 e. The molecule has 0 radical (unpaired) electrons. The Morgan fingerprint density at radius 3 is 2.35 bits per heavy atom. The lowest BCUT2D eigenvalue weighted by molar-refractivity contribution is -0.303. The summed E-state index contributed by atoms with van der Waals surface area (Å²) < 4.78 is 22.3. The zero-order chi connectivity index (χ0) is 25.2. The van der Waals surface area contributed by atoms with E-state index in [2.05, 4.69) is 0 Å². The molecule has 186 valence electrons. The van der Waals surface area contributed by atoms with E-state index < -0.39 is 64.3 Å². The molecule has 3 aliphatic rings. The van der Waals surface area contributed by atoms with Crippen LogP contribution in [0.1, 0.15) is 64.7 Å². The van der Waals surface area contributed by atoms with E-state index in [1.54, 1.807) is 13.0 Å². The predicted molar refractivity (Wildman–Crippen MR) is 116 cm³/mol. The number of aliphatic hydroxyl groups is 1. The van der Waals surface area contributed by atoms with Crippen LogP contribution in [0.25, 0.3) is 0 Å². The van der Waals surface area contributed by atoms with E-state index in [9.17, 15) is 24.3 Å². The number of methoxy groups -OCH3 is 1. The van der Waals surface area contributed by atoms with E-state index in [1.807, 2.05) is 13.8 Å². The van der Waals surface area contributed by atoms with Crippen molar-refractivity contribution in [2.45, 2.75) is 77.6 Å². The SMILES string of the molecule is COC(=O)[C@@H]1c2ccoc2C[C@H]2[C@H]1[C@@H](OC(C)=O)[C@H](OC(C)=O)[C@@]1(O)C(C)(C)CCC(=O)[C@]21C. The van der Waals surface area contributed by atoms with Gasteiger partial charge in [-0.05, 0) is 30.7 Å². The predicted octanol–water partition coefficient (Wildman–Crippen LogP) is 2.33. The minimum atomic E-state index is -1.88. The van der Waals surface area contributed by atoms with E-state index >= 15 is 0 Å². The van der Waals surface area contributed by atoms with Gasteiger partial charge in [-0.15, -0.1) is 0 Å². The Morgan fingerprint density at radius 2 is 1.76 bits per heavy atom. The van der Waals surface area contributed by atoms with Crippen LogP contribution in [-0.4, -0.2) is 53.7 Å². The molecule has 0 unspecified atom stereocenters. The second kappa shape index (κ2) is 7.93. The molecule has 2 fully saturated rings. The van der Waals surface area contributed by atoms with Crippen molar-refractivity contribution in [2.75, 3.05) is 7.11 Å². The first-order valence-electron chi connectivity index (χ1n) is 11.6. The van der Waals surface area contributed by atoms with Gasteiger partial charge < -0.3 is 23.7 Å². The molecule has 4 rings (SSSR count). The average molecular weight is 477 g/mol. The van der Waals surface area contributed by atoms with Gasteiger partial charge in [0.25, 0.3) is 0 Å². The maximum Gasteiger partial charge on any atom is 0.313 e. The molecule has 1 heterocycles. The second-order valence-electron chi connectivity index (χ2n) is 10.6. The maximum atomic E-state index is 13.7.